The molecule has 13 heavy (non-hydrogen) atoms. The molecule has 0 saturated heterocycles. The number of hydrogen-bond acceptors (Lipinski definition) is 2. The molecule has 1 aromatic rings. The van der Waals surface area contributed by atoms with Crippen LogP contribution in [0.3, 0.4) is 0 Å². The molecule has 2 nitrogen and oxygen atoms in total. The minimum Gasteiger partial charge on any atom is -0.477 e. The molecule has 0 unspecified atom stereocenters. The average Bonchev–Trinajstić information content (AvgIpc) is 2.51. The van der Waals surface area contributed by atoms with Gasteiger partial charge in [-0.1, -0.05) is 6.92 Å². The van der Waals surface area contributed by atoms with Gasteiger partial charge in [0.15, 0.2) is 0 Å². The van der Waals surface area contributed by atoms with E-state index < -0.39 is 11.9 Å². The zero-order valence-corrected chi connectivity index (χ0v) is 7.70. The summed E-state index contributed by atoms with van der Waals surface area (Å²) in [5, 5.41) is 9.77. The van der Waals surface area contributed by atoms with Gasteiger partial charge in [0.25, 0.3) is 0 Å². The van der Waals surface area contributed by atoms with Crippen LogP contribution in [0.15, 0.2) is 11.4 Å². The van der Waals surface area contributed by atoms with Crippen LogP contribution in [0, 0.1) is 0 Å². The van der Waals surface area contributed by atoms with E-state index in [0.29, 0.717) is 12.0 Å². The number of carboxylic acids is 1. The van der Waals surface area contributed by atoms with Gasteiger partial charge < -0.3 is 5.11 Å². The summed E-state index contributed by atoms with van der Waals surface area (Å²) < 4.78 is 25.9. The molecule has 1 heterocycles. The average molecular weight is 206 g/mol. The van der Waals surface area contributed by atoms with Crippen molar-refractivity contribution in [2.45, 2.75) is 19.3 Å². The van der Waals surface area contributed by atoms with Crippen LogP contribution >= 0.6 is 11.3 Å². The number of halogens is 2. The van der Waals surface area contributed by atoms with Crippen molar-refractivity contribution in [1.29, 1.82) is 0 Å². The van der Waals surface area contributed by atoms with Gasteiger partial charge in [0.05, 0.1) is 4.88 Å². The largest absolute Gasteiger partial charge is 0.477 e. The molecule has 72 valence electrons. The molecule has 0 aliphatic rings. The molecular weight excluding hydrogens is 198 g/mol. The number of thiophene rings is 1. The van der Waals surface area contributed by atoms with Gasteiger partial charge in [0, 0.05) is 0 Å². The van der Waals surface area contributed by atoms with Crippen molar-refractivity contribution in [2.75, 3.05) is 0 Å². The lowest BCUT2D eigenvalue weighted by Gasteiger charge is -2.10. The first kappa shape index (κ1) is 10.1. The number of carboxylic acid groups (broad SMARTS) is 1. The molecule has 0 amide bonds. The predicted octanol–water partition coefficient (Wildman–Crippen LogP) is 2.49. The summed E-state index contributed by atoms with van der Waals surface area (Å²) in [7, 11) is 0. The standard InChI is InChI=1S/C8H8F2O2S/c1-2-5-3-4-13-6(5)8(9,10)7(11)12/h3-4H,2H2,1H3,(H,11,12). The van der Waals surface area contributed by atoms with Crippen LogP contribution in [0.5, 0.6) is 0 Å². The number of aliphatic carboxylic acids is 1. The summed E-state index contributed by atoms with van der Waals surface area (Å²) in [5.74, 6) is -5.84. The molecule has 0 saturated carbocycles. The van der Waals surface area contributed by atoms with Crippen LogP contribution in [0.1, 0.15) is 17.4 Å². The predicted molar refractivity (Wildman–Crippen MR) is 45.2 cm³/mol. The lowest BCUT2D eigenvalue weighted by molar-refractivity contribution is -0.165. The lowest BCUT2D eigenvalue weighted by Crippen LogP contribution is -2.25. The molecule has 0 aliphatic heterocycles. The van der Waals surface area contributed by atoms with Crippen LogP contribution in [-0.4, -0.2) is 11.1 Å². The molecule has 0 bridgehead atoms. The van der Waals surface area contributed by atoms with Crippen LogP contribution in [0.2, 0.25) is 0 Å². The Balaban J connectivity index is 3.13. The molecule has 1 N–H and O–H groups in total. The third-order valence-corrected chi connectivity index (χ3v) is 2.71. The Kier molecular flexibility index (Phi) is 2.66. The van der Waals surface area contributed by atoms with Crippen LogP contribution in [0.4, 0.5) is 8.78 Å². The summed E-state index contributed by atoms with van der Waals surface area (Å²) in [6.07, 6.45) is 0.418. The van der Waals surface area contributed by atoms with Gasteiger partial charge in [-0.3, -0.25) is 0 Å². The van der Waals surface area contributed by atoms with E-state index in [2.05, 4.69) is 0 Å². The lowest BCUT2D eigenvalue weighted by atomic mass is 10.1. The maximum Gasteiger partial charge on any atom is 0.380 e. The Labute approximate surface area is 77.8 Å². The Morgan fingerprint density at radius 2 is 2.31 bits per heavy atom. The van der Waals surface area contributed by atoms with Crippen molar-refractivity contribution in [1.82, 2.24) is 0 Å². The highest BCUT2D eigenvalue weighted by molar-refractivity contribution is 7.10. The second kappa shape index (κ2) is 3.41. The van der Waals surface area contributed by atoms with E-state index in [1.807, 2.05) is 0 Å². The van der Waals surface area contributed by atoms with Crippen molar-refractivity contribution in [3.63, 3.8) is 0 Å². The van der Waals surface area contributed by atoms with Gasteiger partial charge in [0.1, 0.15) is 0 Å². The summed E-state index contributed by atoms with van der Waals surface area (Å²) in [5.41, 5.74) is 0.400. The van der Waals surface area contributed by atoms with E-state index in [0.717, 1.165) is 11.3 Å². The number of alkyl halides is 2. The summed E-state index contributed by atoms with van der Waals surface area (Å²) in [6.45, 7) is 1.71. The maximum atomic E-state index is 13.0. The van der Waals surface area contributed by atoms with Gasteiger partial charge in [-0.05, 0) is 23.4 Å². The molecule has 0 fully saturated rings. The van der Waals surface area contributed by atoms with Gasteiger partial charge >= 0.3 is 11.9 Å². The topological polar surface area (TPSA) is 37.3 Å². The van der Waals surface area contributed by atoms with Gasteiger partial charge in [-0.2, -0.15) is 8.78 Å². The SMILES string of the molecule is CCc1ccsc1C(F)(F)C(=O)O. The van der Waals surface area contributed by atoms with Gasteiger partial charge in [0.2, 0.25) is 0 Å². The van der Waals surface area contributed by atoms with Crippen LogP contribution in [-0.2, 0) is 17.1 Å². The summed E-state index contributed by atoms with van der Waals surface area (Å²) in [6, 6.07) is 1.52. The molecule has 5 heteroatoms. The molecular formula is C8H8F2O2S. The zero-order chi connectivity index (χ0) is 10.1. The monoisotopic (exact) mass is 206 g/mol. The van der Waals surface area contributed by atoms with Gasteiger partial charge in [-0.15, -0.1) is 11.3 Å². The molecule has 1 rings (SSSR count). The molecule has 1 aromatic heterocycles. The first-order valence-corrected chi connectivity index (χ1v) is 4.56. The number of carbonyl (C=O) groups is 1. The highest BCUT2D eigenvalue weighted by atomic mass is 32.1. The van der Waals surface area contributed by atoms with Crippen LogP contribution in [0.25, 0.3) is 0 Å². The minimum absolute atomic E-state index is 0.359. The first-order valence-electron chi connectivity index (χ1n) is 3.68. The van der Waals surface area contributed by atoms with Crippen molar-refractivity contribution in [2.24, 2.45) is 0 Å². The van der Waals surface area contributed by atoms with E-state index in [1.54, 1.807) is 6.92 Å². The molecule has 0 atom stereocenters. The Hall–Kier alpha value is -0.970. The second-order valence-electron chi connectivity index (χ2n) is 2.51. The summed E-state index contributed by atoms with van der Waals surface area (Å²) in [4.78, 5) is 9.89. The smallest absolute Gasteiger partial charge is 0.380 e. The fraction of sp³-hybridized carbons (Fsp3) is 0.375. The maximum absolute atomic E-state index is 13.0. The normalized spacial score (nSPS) is 11.6. The van der Waals surface area contributed by atoms with Crippen molar-refractivity contribution < 1.29 is 18.7 Å². The Morgan fingerprint density at radius 1 is 1.69 bits per heavy atom. The van der Waals surface area contributed by atoms with Gasteiger partial charge in [-0.25, -0.2) is 4.79 Å². The number of hydrogen-bond donors (Lipinski definition) is 1. The number of rotatable bonds is 3. The van der Waals surface area contributed by atoms with Crippen molar-refractivity contribution in [3.8, 4) is 0 Å². The molecule has 0 aliphatic carbocycles. The van der Waals surface area contributed by atoms with Crippen molar-refractivity contribution in [3.05, 3.63) is 21.9 Å². The highest BCUT2D eigenvalue weighted by Crippen LogP contribution is 2.35. The Bertz CT molecular complexity index is 320. The number of aryl methyl sites for hydroxylation is 1. The van der Waals surface area contributed by atoms with E-state index in [9.17, 15) is 13.6 Å². The Morgan fingerprint density at radius 3 is 2.77 bits per heavy atom. The molecule has 0 aromatic carbocycles. The fourth-order valence-electron chi connectivity index (χ4n) is 0.987. The quantitative estimate of drug-likeness (QED) is 0.824. The molecule has 0 radical (unpaired) electrons. The summed E-state index contributed by atoms with van der Waals surface area (Å²) >= 11 is 0.779. The van der Waals surface area contributed by atoms with E-state index in [-0.39, 0.29) is 4.88 Å². The fourth-order valence-corrected chi connectivity index (χ4v) is 1.95. The van der Waals surface area contributed by atoms with Crippen molar-refractivity contribution >= 4 is 17.3 Å². The van der Waals surface area contributed by atoms with E-state index in [1.165, 1.54) is 11.4 Å². The third-order valence-electron chi connectivity index (χ3n) is 1.68. The third kappa shape index (κ3) is 1.70. The van der Waals surface area contributed by atoms with E-state index in [4.69, 9.17) is 5.11 Å². The van der Waals surface area contributed by atoms with Crippen LogP contribution < -0.4 is 0 Å². The highest BCUT2D eigenvalue weighted by Gasteiger charge is 2.43. The first-order chi connectivity index (χ1) is 6.00. The second-order valence-corrected chi connectivity index (χ2v) is 3.42. The minimum atomic E-state index is -3.75. The molecule has 0 spiro atoms. The van der Waals surface area contributed by atoms with E-state index >= 15 is 0 Å². The zero-order valence-electron chi connectivity index (χ0n) is 6.88.